The van der Waals surface area contributed by atoms with Crippen LogP contribution in [-0.2, 0) is 13.0 Å². The van der Waals surface area contributed by atoms with Crippen molar-refractivity contribution in [3.05, 3.63) is 102 Å². The van der Waals surface area contributed by atoms with Crippen LogP contribution in [0.3, 0.4) is 0 Å². The smallest absolute Gasteiger partial charge is 0.257 e. The molecule has 0 radical (unpaired) electrons. The maximum absolute atomic E-state index is 12.4. The van der Waals surface area contributed by atoms with E-state index in [4.69, 9.17) is 4.52 Å². The van der Waals surface area contributed by atoms with E-state index in [0.29, 0.717) is 47.9 Å². The Balaban J connectivity index is 1.31. The molecule has 0 fully saturated rings. The van der Waals surface area contributed by atoms with Crippen LogP contribution in [0.15, 0.2) is 83.6 Å². The summed E-state index contributed by atoms with van der Waals surface area (Å²) in [4.78, 5) is 34.9. The molecular weight excluding hydrogens is 418 g/mol. The third-order valence-electron chi connectivity index (χ3n) is 5.08. The van der Waals surface area contributed by atoms with Gasteiger partial charge in [-0.2, -0.15) is 4.98 Å². The maximum Gasteiger partial charge on any atom is 0.257 e. The lowest BCUT2D eigenvalue weighted by atomic mass is 10.1. The Morgan fingerprint density at radius 2 is 1.76 bits per heavy atom. The normalized spacial score (nSPS) is 10.6. The number of benzene rings is 2. The van der Waals surface area contributed by atoms with Crippen LogP contribution in [-0.4, -0.2) is 45.4 Å². The molecule has 0 saturated heterocycles. The summed E-state index contributed by atoms with van der Waals surface area (Å²) in [6.45, 7) is 0.866. The Bertz CT molecular complexity index is 1210. The van der Waals surface area contributed by atoms with E-state index in [1.54, 1.807) is 60.7 Å². The summed E-state index contributed by atoms with van der Waals surface area (Å²) >= 11 is 0. The summed E-state index contributed by atoms with van der Waals surface area (Å²) in [7, 11) is 1.74. The van der Waals surface area contributed by atoms with Crippen LogP contribution in [0.4, 0.5) is 0 Å². The van der Waals surface area contributed by atoms with E-state index >= 15 is 0 Å². The molecule has 166 valence electrons. The standard InChI is InChI=1S/C25H23N5O3/c1-30(25(32)21-7-3-2-4-8-21)15-13-22-28-24(33-29-22)20-11-9-19(10-12-20)23(31)27-17-18-6-5-14-26-16-18/h2-12,14,16H,13,15,17H2,1H3,(H,27,31). The minimum Gasteiger partial charge on any atom is -0.348 e. The van der Waals surface area contributed by atoms with Gasteiger partial charge in [-0.15, -0.1) is 0 Å². The van der Waals surface area contributed by atoms with Crippen LogP contribution in [0, 0.1) is 0 Å². The topological polar surface area (TPSA) is 101 Å². The Morgan fingerprint density at radius 3 is 2.48 bits per heavy atom. The molecule has 0 aliphatic rings. The molecule has 8 heteroatoms. The fraction of sp³-hybridized carbons (Fsp3) is 0.160. The molecule has 0 saturated carbocycles. The minimum absolute atomic E-state index is 0.0586. The molecule has 2 aromatic carbocycles. The molecule has 4 rings (SSSR count). The number of pyridine rings is 1. The maximum atomic E-state index is 12.4. The van der Waals surface area contributed by atoms with E-state index in [1.807, 2.05) is 30.3 Å². The SMILES string of the molecule is CN(CCc1noc(-c2ccc(C(=O)NCc3cccnc3)cc2)n1)C(=O)c1ccccc1. The predicted octanol–water partition coefficient (Wildman–Crippen LogP) is 3.38. The van der Waals surface area contributed by atoms with E-state index in [9.17, 15) is 9.59 Å². The first-order valence-electron chi connectivity index (χ1n) is 10.5. The molecule has 0 aliphatic carbocycles. The summed E-state index contributed by atoms with van der Waals surface area (Å²) in [5.74, 6) is 0.639. The van der Waals surface area contributed by atoms with E-state index in [2.05, 4.69) is 20.4 Å². The second kappa shape index (κ2) is 10.3. The van der Waals surface area contributed by atoms with E-state index in [-0.39, 0.29) is 11.8 Å². The number of rotatable bonds is 8. The Labute approximate surface area is 191 Å². The number of amides is 2. The molecule has 0 bridgehead atoms. The zero-order valence-corrected chi connectivity index (χ0v) is 18.1. The van der Waals surface area contributed by atoms with Gasteiger partial charge in [0, 0.05) is 55.6 Å². The number of nitrogens with zero attached hydrogens (tertiary/aromatic N) is 4. The quantitative estimate of drug-likeness (QED) is 0.450. The molecule has 0 spiro atoms. The number of aromatic nitrogens is 3. The molecule has 1 N–H and O–H groups in total. The van der Waals surface area contributed by atoms with Gasteiger partial charge in [-0.1, -0.05) is 29.4 Å². The molecule has 0 aliphatic heterocycles. The van der Waals surface area contributed by atoms with Gasteiger partial charge in [-0.3, -0.25) is 14.6 Å². The van der Waals surface area contributed by atoms with Crippen molar-refractivity contribution in [2.45, 2.75) is 13.0 Å². The number of carbonyl (C=O) groups is 2. The highest BCUT2D eigenvalue weighted by molar-refractivity contribution is 5.94. The fourth-order valence-corrected chi connectivity index (χ4v) is 3.19. The lowest BCUT2D eigenvalue weighted by molar-refractivity contribution is 0.0795. The first kappa shape index (κ1) is 21.9. The minimum atomic E-state index is -0.178. The third kappa shape index (κ3) is 5.68. The van der Waals surface area contributed by atoms with E-state index in [0.717, 1.165) is 5.56 Å². The first-order valence-corrected chi connectivity index (χ1v) is 10.5. The Kier molecular flexibility index (Phi) is 6.84. The molecule has 0 unspecified atom stereocenters. The fourth-order valence-electron chi connectivity index (χ4n) is 3.19. The lowest BCUT2D eigenvalue weighted by Gasteiger charge is -2.15. The summed E-state index contributed by atoms with van der Waals surface area (Å²) in [6, 6.07) is 19.8. The number of hydrogen-bond acceptors (Lipinski definition) is 6. The van der Waals surface area contributed by atoms with E-state index in [1.165, 1.54) is 0 Å². The van der Waals surface area contributed by atoms with Crippen molar-refractivity contribution in [3.8, 4) is 11.5 Å². The van der Waals surface area contributed by atoms with Gasteiger partial charge in [0.15, 0.2) is 5.82 Å². The summed E-state index contributed by atoms with van der Waals surface area (Å²) in [6.07, 6.45) is 3.87. The van der Waals surface area contributed by atoms with Crippen LogP contribution in [0.25, 0.3) is 11.5 Å². The molecule has 8 nitrogen and oxygen atoms in total. The Morgan fingerprint density at radius 1 is 0.970 bits per heavy atom. The second-order valence-corrected chi connectivity index (χ2v) is 7.48. The van der Waals surface area contributed by atoms with Gasteiger partial charge < -0.3 is 14.7 Å². The van der Waals surface area contributed by atoms with Gasteiger partial charge in [0.05, 0.1) is 0 Å². The van der Waals surface area contributed by atoms with Crippen molar-refractivity contribution in [1.82, 2.24) is 25.3 Å². The van der Waals surface area contributed by atoms with E-state index < -0.39 is 0 Å². The van der Waals surface area contributed by atoms with Crippen molar-refractivity contribution >= 4 is 11.8 Å². The van der Waals surface area contributed by atoms with Crippen LogP contribution < -0.4 is 5.32 Å². The van der Waals surface area contributed by atoms with Crippen LogP contribution in [0.5, 0.6) is 0 Å². The van der Waals surface area contributed by atoms with Gasteiger partial charge in [0.25, 0.3) is 17.7 Å². The highest BCUT2D eigenvalue weighted by Gasteiger charge is 2.14. The first-order chi connectivity index (χ1) is 16.1. The van der Waals surface area contributed by atoms with Gasteiger partial charge in [-0.25, -0.2) is 0 Å². The van der Waals surface area contributed by atoms with Gasteiger partial charge in [-0.05, 0) is 48.0 Å². The number of carbonyl (C=O) groups excluding carboxylic acids is 2. The summed E-state index contributed by atoms with van der Waals surface area (Å²) in [5, 5.41) is 6.87. The highest BCUT2D eigenvalue weighted by Crippen LogP contribution is 2.18. The van der Waals surface area contributed by atoms with Crippen molar-refractivity contribution in [2.24, 2.45) is 0 Å². The average Bonchev–Trinajstić information content (AvgIpc) is 3.36. The third-order valence-corrected chi connectivity index (χ3v) is 5.08. The van der Waals surface area contributed by atoms with Crippen molar-refractivity contribution in [3.63, 3.8) is 0 Å². The summed E-state index contributed by atoms with van der Waals surface area (Å²) < 4.78 is 5.36. The van der Waals surface area contributed by atoms with Crippen LogP contribution in [0.1, 0.15) is 32.1 Å². The second-order valence-electron chi connectivity index (χ2n) is 7.48. The van der Waals surface area contributed by atoms with Crippen molar-refractivity contribution < 1.29 is 14.1 Å². The van der Waals surface area contributed by atoms with Crippen LogP contribution in [0.2, 0.25) is 0 Å². The molecule has 2 aromatic heterocycles. The molecule has 2 amide bonds. The van der Waals surface area contributed by atoms with Crippen molar-refractivity contribution in [2.75, 3.05) is 13.6 Å². The predicted molar refractivity (Wildman–Crippen MR) is 122 cm³/mol. The number of likely N-dealkylation sites (N-methyl/N-ethyl adjacent to an activating group) is 1. The molecule has 4 aromatic rings. The lowest BCUT2D eigenvalue weighted by Crippen LogP contribution is -2.29. The van der Waals surface area contributed by atoms with Gasteiger partial charge >= 0.3 is 0 Å². The average molecular weight is 441 g/mol. The zero-order valence-electron chi connectivity index (χ0n) is 18.1. The van der Waals surface area contributed by atoms with Gasteiger partial charge in [0.1, 0.15) is 0 Å². The van der Waals surface area contributed by atoms with Gasteiger partial charge in [0.2, 0.25) is 0 Å². The largest absolute Gasteiger partial charge is 0.348 e. The van der Waals surface area contributed by atoms with Crippen LogP contribution >= 0.6 is 0 Å². The number of hydrogen-bond donors (Lipinski definition) is 1. The zero-order chi connectivity index (χ0) is 23.0. The number of nitrogens with one attached hydrogen (secondary N) is 1. The molecular formula is C25H23N5O3. The van der Waals surface area contributed by atoms with Crippen molar-refractivity contribution in [1.29, 1.82) is 0 Å². The molecule has 0 atom stereocenters. The molecule has 33 heavy (non-hydrogen) atoms. The molecule has 2 heterocycles. The highest BCUT2D eigenvalue weighted by atomic mass is 16.5. The monoisotopic (exact) mass is 441 g/mol. The summed E-state index contributed by atoms with van der Waals surface area (Å²) in [5.41, 5.74) is 2.81. The Hall–Kier alpha value is -4.33.